The van der Waals surface area contributed by atoms with Crippen molar-refractivity contribution in [2.75, 3.05) is 11.9 Å². The van der Waals surface area contributed by atoms with E-state index in [4.69, 9.17) is 4.74 Å². The number of carbonyl (C=O) groups is 3. The second kappa shape index (κ2) is 8.04. The summed E-state index contributed by atoms with van der Waals surface area (Å²) < 4.78 is 4.99. The molecule has 21 heavy (non-hydrogen) atoms. The lowest BCUT2D eigenvalue weighted by Crippen LogP contribution is -2.31. The lowest BCUT2D eigenvalue weighted by atomic mass is 10.2. The lowest BCUT2D eigenvalue weighted by Gasteiger charge is -2.13. The maximum Gasteiger partial charge on any atom is 0.308 e. The zero-order valence-electron chi connectivity index (χ0n) is 12.4. The summed E-state index contributed by atoms with van der Waals surface area (Å²) in [7, 11) is 0. The summed E-state index contributed by atoms with van der Waals surface area (Å²) in [4.78, 5) is 34.0. The number of amides is 2. The van der Waals surface area contributed by atoms with Gasteiger partial charge in [-0.3, -0.25) is 14.4 Å². The summed E-state index contributed by atoms with van der Waals surface area (Å²) in [5, 5.41) is 5.15. The fraction of sp³-hybridized carbons (Fsp3) is 0.400. The van der Waals surface area contributed by atoms with Gasteiger partial charge in [0, 0.05) is 19.2 Å². The first-order valence-electron chi connectivity index (χ1n) is 6.70. The lowest BCUT2D eigenvalue weighted by molar-refractivity contribution is -0.153. The molecule has 0 aromatic heterocycles. The number of rotatable bonds is 6. The van der Waals surface area contributed by atoms with Gasteiger partial charge in [-0.1, -0.05) is 17.7 Å². The molecule has 0 aliphatic rings. The molecule has 0 radical (unpaired) electrons. The van der Waals surface area contributed by atoms with E-state index in [1.165, 1.54) is 13.8 Å². The van der Waals surface area contributed by atoms with Gasteiger partial charge < -0.3 is 15.4 Å². The van der Waals surface area contributed by atoms with Gasteiger partial charge in [-0.15, -0.1) is 0 Å². The van der Waals surface area contributed by atoms with E-state index in [1.54, 1.807) is 12.1 Å². The van der Waals surface area contributed by atoms with Crippen LogP contribution < -0.4 is 10.6 Å². The van der Waals surface area contributed by atoms with Crippen LogP contribution in [-0.4, -0.2) is 30.4 Å². The van der Waals surface area contributed by atoms with Gasteiger partial charge in [-0.2, -0.15) is 0 Å². The van der Waals surface area contributed by atoms with Crippen molar-refractivity contribution in [1.29, 1.82) is 0 Å². The standard InChI is InChI=1S/C15H20N2O4/c1-10-4-6-13(7-5-10)17-15(20)11(2)21-14(19)8-9-16-12(3)18/h4-7,11H,8-9H2,1-3H3,(H,16,18)(H,17,20)/t11-/m0/s1. The number of esters is 1. The first-order valence-corrected chi connectivity index (χ1v) is 6.70. The Labute approximate surface area is 123 Å². The maximum absolute atomic E-state index is 11.9. The van der Waals surface area contributed by atoms with Crippen molar-refractivity contribution in [3.63, 3.8) is 0 Å². The molecule has 6 nitrogen and oxygen atoms in total. The predicted molar refractivity (Wildman–Crippen MR) is 78.7 cm³/mol. The van der Waals surface area contributed by atoms with Crippen LogP contribution in [0.15, 0.2) is 24.3 Å². The minimum atomic E-state index is -0.892. The number of carbonyl (C=O) groups excluding carboxylic acids is 3. The Bertz CT molecular complexity index is 511. The summed E-state index contributed by atoms with van der Waals surface area (Å²) >= 11 is 0. The molecule has 0 aliphatic heterocycles. The van der Waals surface area contributed by atoms with E-state index < -0.39 is 18.0 Å². The van der Waals surface area contributed by atoms with Crippen molar-refractivity contribution in [1.82, 2.24) is 5.32 Å². The molecule has 0 unspecified atom stereocenters. The molecule has 0 aliphatic carbocycles. The third kappa shape index (κ3) is 6.56. The van der Waals surface area contributed by atoms with E-state index in [-0.39, 0.29) is 18.9 Å². The van der Waals surface area contributed by atoms with Crippen molar-refractivity contribution in [2.24, 2.45) is 0 Å². The molecule has 0 saturated carbocycles. The Kier molecular flexibility index (Phi) is 6.39. The topological polar surface area (TPSA) is 84.5 Å². The summed E-state index contributed by atoms with van der Waals surface area (Å²) in [5.74, 6) is -1.14. The molecule has 2 N–H and O–H groups in total. The van der Waals surface area contributed by atoms with Gasteiger partial charge in [0.25, 0.3) is 5.91 Å². The van der Waals surface area contributed by atoms with Crippen LogP contribution in [0.1, 0.15) is 25.8 Å². The molecule has 0 spiro atoms. The molecule has 0 bridgehead atoms. The molecular weight excluding hydrogens is 272 g/mol. The van der Waals surface area contributed by atoms with Crippen LogP contribution in [0.5, 0.6) is 0 Å². The minimum Gasteiger partial charge on any atom is -0.452 e. The smallest absolute Gasteiger partial charge is 0.308 e. The number of benzene rings is 1. The van der Waals surface area contributed by atoms with Crippen molar-refractivity contribution in [3.05, 3.63) is 29.8 Å². The quantitative estimate of drug-likeness (QED) is 0.776. The number of anilines is 1. The molecule has 2 amide bonds. The van der Waals surface area contributed by atoms with E-state index in [2.05, 4.69) is 10.6 Å². The molecule has 0 heterocycles. The van der Waals surface area contributed by atoms with E-state index in [1.807, 2.05) is 19.1 Å². The first kappa shape index (κ1) is 16.7. The van der Waals surface area contributed by atoms with E-state index >= 15 is 0 Å². The number of aryl methyl sites for hydroxylation is 1. The number of hydrogen-bond donors (Lipinski definition) is 2. The fourth-order valence-corrected chi connectivity index (χ4v) is 1.53. The number of hydrogen-bond acceptors (Lipinski definition) is 4. The predicted octanol–water partition coefficient (Wildman–Crippen LogP) is 1.39. The number of ether oxygens (including phenoxy) is 1. The van der Waals surface area contributed by atoms with E-state index in [0.717, 1.165) is 5.56 Å². The van der Waals surface area contributed by atoms with Crippen molar-refractivity contribution in [3.8, 4) is 0 Å². The highest BCUT2D eigenvalue weighted by atomic mass is 16.5. The Balaban J connectivity index is 2.38. The SMILES string of the molecule is CC(=O)NCCC(=O)O[C@@H](C)C(=O)Nc1ccc(C)cc1. The molecule has 6 heteroatoms. The third-order valence-electron chi connectivity index (χ3n) is 2.70. The van der Waals surface area contributed by atoms with Gasteiger partial charge in [0.2, 0.25) is 5.91 Å². The van der Waals surface area contributed by atoms with E-state index in [9.17, 15) is 14.4 Å². The molecule has 0 fully saturated rings. The van der Waals surface area contributed by atoms with Gasteiger partial charge in [0.1, 0.15) is 0 Å². The van der Waals surface area contributed by atoms with Gasteiger partial charge >= 0.3 is 5.97 Å². The van der Waals surface area contributed by atoms with Gasteiger partial charge in [-0.25, -0.2) is 0 Å². The second-order valence-electron chi connectivity index (χ2n) is 4.72. The average molecular weight is 292 g/mol. The summed E-state index contributed by atoms with van der Waals surface area (Å²) in [5.41, 5.74) is 1.73. The third-order valence-corrected chi connectivity index (χ3v) is 2.70. The monoisotopic (exact) mass is 292 g/mol. The first-order chi connectivity index (χ1) is 9.88. The fourth-order valence-electron chi connectivity index (χ4n) is 1.53. The van der Waals surface area contributed by atoms with Crippen LogP contribution in [0, 0.1) is 6.92 Å². The van der Waals surface area contributed by atoms with Crippen LogP contribution in [-0.2, 0) is 19.1 Å². The highest BCUT2D eigenvalue weighted by Crippen LogP contribution is 2.09. The van der Waals surface area contributed by atoms with Crippen LogP contribution in [0.3, 0.4) is 0 Å². The van der Waals surface area contributed by atoms with Crippen LogP contribution in [0.25, 0.3) is 0 Å². The highest BCUT2D eigenvalue weighted by molar-refractivity contribution is 5.95. The Morgan fingerprint density at radius 3 is 2.38 bits per heavy atom. The molecular formula is C15H20N2O4. The molecule has 1 atom stereocenters. The molecule has 0 saturated heterocycles. The molecule has 1 aromatic rings. The van der Waals surface area contributed by atoms with Crippen molar-refractivity contribution in [2.45, 2.75) is 33.3 Å². The average Bonchev–Trinajstić information content (AvgIpc) is 2.40. The Morgan fingerprint density at radius 1 is 1.19 bits per heavy atom. The van der Waals surface area contributed by atoms with Crippen molar-refractivity contribution < 1.29 is 19.1 Å². The largest absolute Gasteiger partial charge is 0.452 e. The normalized spacial score (nSPS) is 11.4. The van der Waals surface area contributed by atoms with E-state index in [0.29, 0.717) is 5.69 Å². The Morgan fingerprint density at radius 2 is 1.81 bits per heavy atom. The summed E-state index contributed by atoms with van der Waals surface area (Å²) in [6.45, 7) is 5.01. The van der Waals surface area contributed by atoms with Crippen LogP contribution >= 0.6 is 0 Å². The summed E-state index contributed by atoms with van der Waals surface area (Å²) in [6, 6.07) is 7.30. The number of nitrogens with one attached hydrogen (secondary N) is 2. The molecule has 114 valence electrons. The summed E-state index contributed by atoms with van der Waals surface area (Å²) in [6.07, 6.45) is -0.863. The minimum absolute atomic E-state index is 0.0295. The van der Waals surface area contributed by atoms with Gasteiger partial charge in [-0.05, 0) is 26.0 Å². The zero-order valence-corrected chi connectivity index (χ0v) is 12.4. The molecule has 1 aromatic carbocycles. The maximum atomic E-state index is 11.9. The second-order valence-corrected chi connectivity index (χ2v) is 4.72. The molecule has 1 rings (SSSR count). The Hall–Kier alpha value is -2.37. The van der Waals surface area contributed by atoms with Crippen LogP contribution in [0.2, 0.25) is 0 Å². The zero-order chi connectivity index (χ0) is 15.8. The highest BCUT2D eigenvalue weighted by Gasteiger charge is 2.17. The van der Waals surface area contributed by atoms with Gasteiger partial charge in [0.15, 0.2) is 6.10 Å². The van der Waals surface area contributed by atoms with Crippen LogP contribution in [0.4, 0.5) is 5.69 Å². The van der Waals surface area contributed by atoms with Crippen molar-refractivity contribution >= 4 is 23.5 Å². The van der Waals surface area contributed by atoms with Gasteiger partial charge in [0.05, 0.1) is 6.42 Å².